The van der Waals surface area contributed by atoms with Gasteiger partial charge in [-0.15, -0.1) is 0 Å². The van der Waals surface area contributed by atoms with Gasteiger partial charge in [0, 0.05) is 30.6 Å². The van der Waals surface area contributed by atoms with Gasteiger partial charge >= 0.3 is 0 Å². The number of benzene rings is 1. The summed E-state index contributed by atoms with van der Waals surface area (Å²) in [4.78, 5) is 7.13. The Morgan fingerprint density at radius 2 is 2.00 bits per heavy atom. The molecule has 0 saturated carbocycles. The third-order valence-electron chi connectivity index (χ3n) is 3.27. The van der Waals surface area contributed by atoms with E-state index in [2.05, 4.69) is 43.9 Å². The van der Waals surface area contributed by atoms with Gasteiger partial charge in [-0.1, -0.05) is 32.0 Å². The third-order valence-corrected chi connectivity index (χ3v) is 3.27. The molecule has 1 heterocycles. The van der Waals surface area contributed by atoms with E-state index in [9.17, 15) is 0 Å². The van der Waals surface area contributed by atoms with Crippen LogP contribution in [-0.2, 0) is 6.54 Å². The number of rotatable bonds is 5. The number of anilines is 1. The molecule has 0 saturated heterocycles. The Kier molecular flexibility index (Phi) is 4.38. The van der Waals surface area contributed by atoms with E-state index in [1.807, 2.05) is 12.1 Å². The van der Waals surface area contributed by atoms with E-state index in [1.165, 1.54) is 0 Å². The van der Waals surface area contributed by atoms with E-state index in [0.717, 1.165) is 35.4 Å². The number of nitrogens with zero attached hydrogens (tertiary/aromatic N) is 2. The van der Waals surface area contributed by atoms with Gasteiger partial charge < -0.3 is 10.6 Å². The van der Waals surface area contributed by atoms with Gasteiger partial charge in [0.15, 0.2) is 0 Å². The summed E-state index contributed by atoms with van der Waals surface area (Å²) < 4.78 is 0. The number of aromatic nitrogens is 1. The van der Waals surface area contributed by atoms with Gasteiger partial charge in [-0.05, 0) is 25.0 Å². The summed E-state index contributed by atoms with van der Waals surface area (Å²) in [6, 6.07) is 10.4. The van der Waals surface area contributed by atoms with Crippen LogP contribution in [0.1, 0.15) is 26.3 Å². The number of hydrogen-bond acceptors (Lipinski definition) is 3. The van der Waals surface area contributed by atoms with E-state index in [4.69, 9.17) is 10.7 Å². The molecule has 2 aromatic rings. The summed E-state index contributed by atoms with van der Waals surface area (Å²) >= 11 is 0. The zero-order valence-corrected chi connectivity index (χ0v) is 12.1. The summed E-state index contributed by atoms with van der Waals surface area (Å²) in [6.45, 7) is 9.12. The zero-order valence-electron chi connectivity index (χ0n) is 12.1. The first-order valence-electron chi connectivity index (χ1n) is 6.99. The van der Waals surface area contributed by atoms with Crippen molar-refractivity contribution in [1.29, 1.82) is 0 Å². The number of pyridine rings is 1. The molecule has 102 valence electrons. The van der Waals surface area contributed by atoms with Gasteiger partial charge in [0.25, 0.3) is 0 Å². The molecule has 0 aliphatic heterocycles. The van der Waals surface area contributed by atoms with Crippen LogP contribution in [0.2, 0.25) is 0 Å². The van der Waals surface area contributed by atoms with Crippen molar-refractivity contribution in [1.82, 2.24) is 4.98 Å². The Morgan fingerprint density at radius 1 is 1.26 bits per heavy atom. The van der Waals surface area contributed by atoms with Crippen LogP contribution in [0.5, 0.6) is 0 Å². The number of nitrogens with two attached hydrogens (primary N) is 1. The smallest absolute Gasteiger partial charge is 0.133 e. The van der Waals surface area contributed by atoms with Gasteiger partial charge in [0.05, 0.1) is 5.52 Å². The van der Waals surface area contributed by atoms with E-state index in [1.54, 1.807) is 0 Å². The molecule has 3 heteroatoms. The lowest BCUT2D eigenvalue weighted by Gasteiger charge is -2.26. The fraction of sp³-hybridized carbons (Fsp3) is 0.438. The van der Waals surface area contributed by atoms with Crippen LogP contribution in [0.3, 0.4) is 0 Å². The molecule has 2 rings (SSSR count). The Labute approximate surface area is 115 Å². The van der Waals surface area contributed by atoms with Crippen LogP contribution in [0.4, 0.5) is 5.82 Å². The van der Waals surface area contributed by atoms with E-state index in [-0.39, 0.29) is 0 Å². The Hall–Kier alpha value is -1.61. The molecule has 0 aliphatic rings. The van der Waals surface area contributed by atoms with Gasteiger partial charge in [-0.3, -0.25) is 0 Å². The average Bonchev–Trinajstić information content (AvgIpc) is 2.43. The molecule has 2 N–H and O–H groups in total. The molecule has 0 aliphatic carbocycles. The molecule has 1 aromatic carbocycles. The quantitative estimate of drug-likeness (QED) is 0.894. The van der Waals surface area contributed by atoms with Gasteiger partial charge in [-0.25, -0.2) is 4.98 Å². The normalized spacial score (nSPS) is 11.2. The lowest BCUT2D eigenvalue weighted by Crippen LogP contribution is -2.29. The molecule has 0 atom stereocenters. The summed E-state index contributed by atoms with van der Waals surface area (Å²) in [7, 11) is 0. The van der Waals surface area contributed by atoms with Crippen molar-refractivity contribution < 1.29 is 0 Å². The molecular formula is C16H23N3. The van der Waals surface area contributed by atoms with Crippen molar-refractivity contribution in [3.05, 3.63) is 35.9 Å². The minimum absolute atomic E-state index is 0.530. The first kappa shape index (κ1) is 13.8. The van der Waals surface area contributed by atoms with Crippen molar-refractivity contribution in [2.24, 2.45) is 11.7 Å². The molecule has 1 aromatic heterocycles. The Morgan fingerprint density at radius 3 is 2.63 bits per heavy atom. The summed E-state index contributed by atoms with van der Waals surface area (Å²) in [6.07, 6.45) is 0. The minimum atomic E-state index is 0.530. The maximum absolute atomic E-state index is 5.90. The fourth-order valence-corrected chi connectivity index (χ4v) is 2.38. The highest BCUT2D eigenvalue weighted by Crippen LogP contribution is 2.24. The zero-order chi connectivity index (χ0) is 13.8. The maximum atomic E-state index is 5.90. The lowest BCUT2D eigenvalue weighted by molar-refractivity contribution is 0.613. The molecule has 3 nitrogen and oxygen atoms in total. The van der Waals surface area contributed by atoms with Gasteiger partial charge in [-0.2, -0.15) is 0 Å². The second kappa shape index (κ2) is 6.02. The highest BCUT2D eigenvalue weighted by atomic mass is 15.2. The Balaban J connectivity index is 2.50. The molecule has 0 spiro atoms. The van der Waals surface area contributed by atoms with Crippen LogP contribution < -0.4 is 10.6 Å². The predicted molar refractivity (Wildman–Crippen MR) is 82.4 cm³/mol. The predicted octanol–water partition coefficient (Wildman–Crippen LogP) is 3.18. The fourth-order valence-electron chi connectivity index (χ4n) is 2.38. The molecule has 0 amide bonds. The molecule has 0 bridgehead atoms. The molecule has 0 radical (unpaired) electrons. The standard InChI is InChI=1S/C16H23N3/c1-4-19(11-12(2)3)16-14(10-17)9-13-7-5-6-8-15(13)18-16/h5-9,12H,4,10-11,17H2,1-3H3. The first-order valence-corrected chi connectivity index (χ1v) is 6.99. The Bertz CT molecular complexity index is 549. The third kappa shape index (κ3) is 3.04. The van der Waals surface area contributed by atoms with Crippen LogP contribution in [0, 0.1) is 5.92 Å². The average molecular weight is 257 g/mol. The lowest BCUT2D eigenvalue weighted by atomic mass is 10.1. The van der Waals surface area contributed by atoms with Crippen LogP contribution in [0.15, 0.2) is 30.3 Å². The second-order valence-electron chi connectivity index (χ2n) is 5.30. The van der Waals surface area contributed by atoms with Gasteiger partial charge in [0.1, 0.15) is 5.82 Å². The highest BCUT2D eigenvalue weighted by Gasteiger charge is 2.13. The van der Waals surface area contributed by atoms with Crippen molar-refractivity contribution in [3.8, 4) is 0 Å². The minimum Gasteiger partial charge on any atom is -0.356 e. The summed E-state index contributed by atoms with van der Waals surface area (Å²) in [5.41, 5.74) is 8.06. The number of fused-ring (bicyclic) bond motifs is 1. The monoisotopic (exact) mass is 257 g/mol. The maximum Gasteiger partial charge on any atom is 0.133 e. The summed E-state index contributed by atoms with van der Waals surface area (Å²) in [5, 5.41) is 1.16. The largest absolute Gasteiger partial charge is 0.356 e. The van der Waals surface area contributed by atoms with Gasteiger partial charge in [0.2, 0.25) is 0 Å². The number of para-hydroxylation sites is 1. The molecular weight excluding hydrogens is 234 g/mol. The van der Waals surface area contributed by atoms with Crippen molar-refractivity contribution in [2.45, 2.75) is 27.3 Å². The van der Waals surface area contributed by atoms with Crippen molar-refractivity contribution in [2.75, 3.05) is 18.0 Å². The second-order valence-corrected chi connectivity index (χ2v) is 5.30. The van der Waals surface area contributed by atoms with Crippen LogP contribution in [0.25, 0.3) is 10.9 Å². The molecule has 0 unspecified atom stereocenters. The summed E-state index contributed by atoms with van der Waals surface area (Å²) in [5.74, 6) is 1.65. The highest BCUT2D eigenvalue weighted by molar-refractivity contribution is 5.81. The SMILES string of the molecule is CCN(CC(C)C)c1nc2ccccc2cc1CN. The molecule has 0 fully saturated rings. The van der Waals surface area contributed by atoms with E-state index < -0.39 is 0 Å². The first-order chi connectivity index (χ1) is 9.15. The number of hydrogen-bond donors (Lipinski definition) is 1. The van der Waals surface area contributed by atoms with Crippen molar-refractivity contribution >= 4 is 16.7 Å². The van der Waals surface area contributed by atoms with Crippen LogP contribution >= 0.6 is 0 Å². The van der Waals surface area contributed by atoms with Crippen molar-refractivity contribution in [3.63, 3.8) is 0 Å². The molecule has 19 heavy (non-hydrogen) atoms. The van der Waals surface area contributed by atoms with E-state index >= 15 is 0 Å². The topological polar surface area (TPSA) is 42.2 Å². The van der Waals surface area contributed by atoms with E-state index in [0.29, 0.717) is 12.5 Å². The van der Waals surface area contributed by atoms with Crippen LogP contribution in [-0.4, -0.2) is 18.1 Å².